The highest BCUT2D eigenvalue weighted by Gasteiger charge is 2.11. The Morgan fingerprint density at radius 3 is 2.48 bits per heavy atom. The number of imidazole rings is 1. The van der Waals surface area contributed by atoms with Gasteiger partial charge in [0.15, 0.2) is 0 Å². The molecule has 0 atom stereocenters. The summed E-state index contributed by atoms with van der Waals surface area (Å²) < 4.78 is 13.2. The van der Waals surface area contributed by atoms with Crippen molar-refractivity contribution in [3.8, 4) is 11.5 Å². The van der Waals surface area contributed by atoms with Gasteiger partial charge in [-0.15, -0.1) is 0 Å². The van der Waals surface area contributed by atoms with E-state index in [2.05, 4.69) is 16.0 Å². The van der Waals surface area contributed by atoms with Crippen LogP contribution in [0.4, 0.5) is 0 Å². The first-order valence-corrected chi connectivity index (χ1v) is 11.3. The van der Waals surface area contributed by atoms with Gasteiger partial charge < -0.3 is 19.4 Å². The van der Waals surface area contributed by atoms with Crippen LogP contribution < -0.4 is 14.8 Å². The fraction of sp³-hybridized carbons (Fsp3) is 0.231. The molecule has 1 heterocycles. The number of nitrogens with zero attached hydrogens (tertiary/aromatic N) is 2. The van der Waals surface area contributed by atoms with Gasteiger partial charge in [0.25, 0.3) is 5.91 Å². The van der Waals surface area contributed by atoms with E-state index in [0.29, 0.717) is 30.3 Å². The molecule has 1 aromatic heterocycles. The summed E-state index contributed by atoms with van der Waals surface area (Å²) in [4.78, 5) is 17.2. The number of aromatic nitrogens is 2. The number of amides is 1. The molecule has 0 aliphatic rings. The maximum Gasteiger partial charge on any atom is 0.251 e. The van der Waals surface area contributed by atoms with Crippen LogP contribution in [0.1, 0.15) is 22.6 Å². The number of ether oxygens (including phenoxy) is 2. The van der Waals surface area contributed by atoms with Crippen LogP contribution in [0.3, 0.4) is 0 Å². The second kappa shape index (κ2) is 10.9. The molecule has 4 rings (SSSR count). The number of carbonyl (C=O) groups is 1. The van der Waals surface area contributed by atoms with E-state index in [4.69, 9.17) is 26.1 Å². The zero-order chi connectivity index (χ0) is 23.0. The molecule has 0 radical (unpaired) electrons. The summed E-state index contributed by atoms with van der Waals surface area (Å²) in [6.07, 6.45) is 1.53. The predicted octanol–water partition coefficient (Wildman–Crippen LogP) is 5.14. The maximum atomic E-state index is 12.4. The molecule has 3 aromatic carbocycles. The van der Waals surface area contributed by atoms with Crippen molar-refractivity contribution in [1.29, 1.82) is 0 Å². The standard InChI is InChI=1S/C26H26ClN3O3/c1-32-21-12-8-19(9-13-21)26(31)28-16-4-7-25-29-23-5-2-3-6-24(23)30(25)17-18-33-22-14-10-20(27)11-15-22/h2-3,5-6,8-15H,4,7,16-18H2,1H3,(H,28,31). The zero-order valence-corrected chi connectivity index (χ0v) is 19.2. The Balaban J connectivity index is 1.34. The molecule has 0 saturated heterocycles. The van der Waals surface area contributed by atoms with E-state index in [1.165, 1.54) is 0 Å². The Morgan fingerprint density at radius 1 is 1.00 bits per heavy atom. The molecule has 0 spiro atoms. The van der Waals surface area contributed by atoms with Gasteiger partial charge in [0, 0.05) is 23.6 Å². The first kappa shape index (κ1) is 22.7. The summed E-state index contributed by atoms with van der Waals surface area (Å²) in [6.45, 7) is 1.76. The molecule has 4 aromatic rings. The molecule has 1 amide bonds. The van der Waals surface area contributed by atoms with E-state index in [-0.39, 0.29) is 5.91 Å². The number of hydrogen-bond acceptors (Lipinski definition) is 4. The first-order valence-electron chi connectivity index (χ1n) is 10.9. The van der Waals surface area contributed by atoms with E-state index < -0.39 is 0 Å². The zero-order valence-electron chi connectivity index (χ0n) is 18.5. The van der Waals surface area contributed by atoms with Gasteiger partial charge in [0.05, 0.1) is 24.7 Å². The summed E-state index contributed by atoms with van der Waals surface area (Å²) in [5.74, 6) is 2.40. The lowest BCUT2D eigenvalue weighted by Gasteiger charge is -2.11. The summed E-state index contributed by atoms with van der Waals surface area (Å²) in [5.41, 5.74) is 2.65. The van der Waals surface area contributed by atoms with Gasteiger partial charge in [0.1, 0.15) is 23.9 Å². The molecule has 0 aliphatic heterocycles. The molecule has 0 aliphatic carbocycles. The van der Waals surface area contributed by atoms with Crippen molar-refractivity contribution in [2.24, 2.45) is 0 Å². The number of rotatable bonds is 10. The summed E-state index contributed by atoms with van der Waals surface area (Å²) in [5, 5.41) is 3.66. The van der Waals surface area contributed by atoms with Crippen LogP contribution in [0.25, 0.3) is 11.0 Å². The number of halogens is 1. The minimum atomic E-state index is -0.0949. The van der Waals surface area contributed by atoms with Gasteiger partial charge >= 0.3 is 0 Å². The van der Waals surface area contributed by atoms with Crippen molar-refractivity contribution in [2.45, 2.75) is 19.4 Å². The lowest BCUT2D eigenvalue weighted by atomic mass is 10.2. The minimum absolute atomic E-state index is 0.0949. The highest BCUT2D eigenvalue weighted by molar-refractivity contribution is 6.30. The molecular weight excluding hydrogens is 438 g/mol. The second-order valence-electron chi connectivity index (χ2n) is 7.56. The van der Waals surface area contributed by atoms with Crippen LogP contribution in [0, 0.1) is 0 Å². The molecule has 170 valence electrons. The minimum Gasteiger partial charge on any atom is -0.497 e. The average molecular weight is 464 g/mol. The molecule has 0 bridgehead atoms. The van der Waals surface area contributed by atoms with E-state index >= 15 is 0 Å². The Bertz CT molecular complexity index is 1200. The summed E-state index contributed by atoms with van der Waals surface area (Å²) in [7, 11) is 1.60. The fourth-order valence-electron chi connectivity index (χ4n) is 3.64. The number of fused-ring (bicyclic) bond motifs is 1. The highest BCUT2D eigenvalue weighted by atomic mass is 35.5. The van der Waals surface area contributed by atoms with Crippen LogP contribution in [-0.2, 0) is 13.0 Å². The van der Waals surface area contributed by atoms with Gasteiger partial charge in [-0.25, -0.2) is 4.98 Å². The number of aryl methyl sites for hydroxylation is 1. The third kappa shape index (κ3) is 5.84. The maximum absolute atomic E-state index is 12.4. The number of carbonyl (C=O) groups excluding carboxylic acids is 1. The SMILES string of the molecule is COc1ccc(C(=O)NCCCc2nc3ccccc3n2CCOc2ccc(Cl)cc2)cc1. The number of para-hydroxylation sites is 2. The third-order valence-corrected chi connectivity index (χ3v) is 5.60. The topological polar surface area (TPSA) is 65.4 Å². The third-order valence-electron chi connectivity index (χ3n) is 5.35. The Labute approximate surface area is 198 Å². The fourth-order valence-corrected chi connectivity index (χ4v) is 3.77. The van der Waals surface area contributed by atoms with E-state index in [1.807, 2.05) is 42.5 Å². The smallest absolute Gasteiger partial charge is 0.251 e. The summed E-state index contributed by atoms with van der Waals surface area (Å²) >= 11 is 5.94. The van der Waals surface area contributed by atoms with Crippen LogP contribution in [-0.4, -0.2) is 35.7 Å². The van der Waals surface area contributed by atoms with Gasteiger partial charge in [0.2, 0.25) is 0 Å². The molecule has 0 fully saturated rings. The molecule has 6 nitrogen and oxygen atoms in total. The van der Waals surface area contributed by atoms with E-state index in [9.17, 15) is 4.79 Å². The lowest BCUT2D eigenvalue weighted by Crippen LogP contribution is -2.25. The average Bonchev–Trinajstić information content (AvgIpc) is 3.20. The predicted molar refractivity (Wildman–Crippen MR) is 130 cm³/mol. The number of benzene rings is 3. The van der Waals surface area contributed by atoms with Crippen LogP contribution in [0.5, 0.6) is 11.5 Å². The first-order chi connectivity index (χ1) is 16.1. The van der Waals surface area contributed by atoms with Crippen molar-refractivity contribution >= 4 is 28.5 Å². The normalized spacial score (nSPS) is 10.8. The van der Waals surface area contributed by atoms with Crippen molar-refractivity contribution in [3.05, 3.63) is 89.2 Å². The summed E-state index contributed by atoms with van der Waals surface area (Å²) in [6, 6.07) is 22.5. The van der Waals surface area contributed by atoms with Gasteiger partial charge in [-0.2, -0.15) is 0 Å². The Morgan fingerprint density at radius 2 is 1.73 bits per heavy atom. The van der Waals surface area contributed by atoms with E-state index in [1.54, 1.807) is 31.4 Å². The molecule has 0 saturated carbocycles. The van der Waals surface area contributed by atoms with Crippen molar-refractivity contribution < 1.29 is 14.3 Å². The van der Waals surface area contributed by atoms with Crippen LogP contribution in [0.2, 0.25) is 5.02 Å². The van der Waals surface area contributed by atoms with Gasteiger partial charge in [-0.3, -0.25) is 4.79 Å². The van der Waals surface area contributed by atoms with Crippen molar-refractivity contribution in [1.82, 2.24) is 14.9 Å². The van der Waals surface area contributed by atoms with Crippen LogP contribution in [0.15, 0.2) is 72.8 Å². The lowest BCUT2D eigenvalue weighted by molar-refractivity contribution is 0.0953. The molecule has 33 heavy (non-hydrogen) atoms. The van der Waals surface area contributed by atoms with E-state index in [0.717, 1.165) is 41.2 Å². The van der Waals surface area contributed by atoms with Crippen molar-refractivity contribution in [3.63, 3.8) is 0 Å². The number of nitrogens with one attached hydrogen (secondary N) is 1. The number of hydrogen-bond donors (Lipinski definition) is 1. The molecule has 0 unspecified atom stereocenters. The number of methoxy groups -OCH3 is 1. The Kier molecular flexibility index (Phi) is 7.47. The largest absolute Gasteiger partial charge is 0.497 e. The molecule has 1 N–H and O–H groups in total. The second-order valence-corrected chi connectivity index (χ2v) is 8.00. The highest BCUT2D eigenvalue weighted by Crippen LogP contribution is 2.19. The Hall–Kier alpha value is -3.51. The van der Waals surface area contributed by atoms with Gasteiger partial charge in [-0.1, -0.05) is 23.7 Å². The molecular formula is C26H26ClN3O3. The van der Waals surface area contributed by atoms with Gasteiger partial charge in [-0.05, 0) is 67.1 Å². The van der Waals surface area contributed by atoms with Crippen molar-refractivity contribution in [2.75, 3.05) is 20.3 Å². The molecule has 7 heteroatoms. The monoisotopic (exact) mass is 463 g/mol. The van der Waals surface area contributed by atoms with Crippen LogP contribution >= 0.6 is 11.6 Å². The quantitative estimate of drug-likeness (QED) is 0.331.